The van der Waals surface area contributed by atoms with E-state index in [-0.39, 0.29) is 12.0 Å². The number of aromatic nitrogens is 1. The SMILES string of the molecule is Cc1ccc(-c2cc(NC(=O)C[NH+](Cc3cccs3)C[C@H]3CCCO3)on2)cc1. The molecule has 0 aliphatic carbocycles. The van der Waals surface area contributed by atoms with Gasteiger partial charge in [-0.2, -0.15) is 0 Å². The molecule has 4 rings (SSSR count). The summed E-state index contributed by atoms with van der Waals surface area (Å²) < 4.78 is 11.1. The molecule has 6 nitrogen and oxygen atoms in total. The van der Waals surface area contributed by atoms with Crippen LogP contribution in [0.1, 0.15) is 23.3 Å². The van der Waals surface area contributed by atoms with Gasteiger partial charge in [-0.05, 0) is 31.2 Å². The average Bonchev–Trinajstić information content (AvgIpc) is 3.45. The molecule has 3 aromatic rings. The Labute approximate surface area is 174 Å². The molecular formula is C22H26N3O3S+. The van der Waals surface area contributed by atoms with Gasteiger partial charge in [-0.3, -0.25) is 10.1 Å². The molecule has 1 aromatic carbocycles. The number of nitrogens with zero attached hydrogens (tertiary/aromatic N) is 1. The number of rotatable bonds is 8. The van der Waals surface area contributed by atoms with E-state index in [0.29, 0.717) is 18.1 Å². The summed E-state index contributed by atoms with van der Waals surface area (Å²) in [6.07, 6.45) is 2.40. The van der Waals surface area contributed by atoms with Gasteiger partial charge in [-0.15, -0.1) is 11.3 Å². The van der Waals surface area contributed by atoms with Crippen molar-refractivity contribution in [2.45, 2.75) is 32.4 Å². The smallest absolute Gasteiger partial charge is 0.281 e. The third kappa shape index (κ3) is 5.53. The van der Waals surface area contributed by atoms with Crippen molar-refractivity contribution in [3.63, 3.8) is 0 Å². The first kappa shape index (κ1) is 19.8. The maximum Gasteiger partial charge on any atom is 0.281 e. The van der Waals surface area contributed by atoms with Crippen molar-refractivity contribution in [1.82, 2.24) is 5.16 Å². The Morgan fingerprint density at radius 2 is 2.17 bits per heavy atom. The Bertz CT molecular complexity index is 915. The zero-order valence-corrected chi connectivity index (χ0v) is 17.3. The lowest BCUT2D eigenvalue weighted by molar-refractivity contribution is -0.908. The van der Waals surface area contributed by atoms with E-state index in [1.54, 1.807) is 17.4 Å². The van der Waals surface area contributed by atoms with E-state index in [4.69, 9.17) is 9.26 Å². The molecule has 1 amide bonds. The zero-order chi connectivity index (χ0) is 20.1. The molecule has 0 saturated carbocycles. The van der Waals surface area contributed by atoms with Gasteiger partial charge >= 0.3 is 0 Å². The van der Waals surface area contributed by atoms with Gasteiger partial charge in [-0.1, -0.05) is 41.1 Å². The molecule has 3 heterocycles. The Kier molecular flexibility index (Phi) is 6.39. The largest absolute Gasteiger partial charge is 0.372 e. The van der Waals surface area contributed by atoms with E-state index in [2.05, 4.69) is 21.9 Å². The minimum atomic E-state index is -0.0823. The van der Waals surface area contributed by atoms with Gasteiger partial charge in [0.25, 0.3) is 5.91 Å². The minimum Gasteiger partial charge on any atom is -0.372 e. The number of hydrogen-bond donors (Lipinski definition) is 2. The van der Waals surface area contributed by atoms with Crippen molar-refractivity contribution < 1.29 is 19.0 Å². The van der Waals surface area contributed by atoms with Crippen LogP contribution in [0, 0.1) is 6.92 Å². The van der Waals surface area contributed by atoms with Crippen molar-refractivity contribution in [3.8, 4) is 11.3 Å². The van der Waals surface area contributed by atoms with Crippen molar-refractivity contribution in [3.05, 3.63) is 58.3 Å². The normalized spacial score (nSPS) is 17.3. The molecule has 2 aromatic heterocycles. The number of hydrogen-bond acceptors (Lipinski definition) is 5. The number of nitrogens with one attached hydrogen (secondary N) is 2. The van der Waals surface area contributed by atoms with Crippen LogP contribution in [0.25, 0.3) is 11.3 Å². The van der Waals surface area contributed by atoms with Crippen LogP contribution in [0.5, 0.6) is 0 Å². The van der Waals surface area contributed by atoms with Gasteiger partial charge in [-0.25, -0.2) is 0 Å². The molecule has 152 valence electrons. The quantitative estimate of drug-likeness (QED) is 0.597. The molecule has 1 aliphatic rings. The van der Waals surface area contributed by atoms with Gasteiger partial charge in [0, 0.05) is 18.2 Å². The van der Waals surface area contributed by atoms with E-state index in [9.17, 15) is 4.79 Å². The van der Waals surface area contributed by atoms with Crippen LogP contribution in [0.2, 0.25) is 0 Å². The lowest BCUT2D eigenvalue weighted by atomic mass is 10.1. The van der Waals surface area contributed by atoms with E-state index in [0.717, 1.165) is 38.1 Å². The second kappa shape index (κ2) is 9.35. The molecule has 2 atom stereocenters. The van der Waals surface area contributed by atoms with Crippen LogP contribution < -0.4 is 10.2 Å². The topological polar surface area (TPSA) is 68.8 Å². The predicted molar refractivity (Wildman–Crippen MR) is 113 cm³/mol. The van der Waals surface area contributed by atoms with Crippen molar-refractivity contribution >= 4 is 23.1 Å². The summed E-state index contributed by atoms with van der Waals surface area (Å²) in [6, 6.07) is 14.0. The van der Waals surface area contributed by atoms with Crippen LogP contribution in [-0.2, 0) is 16.1 Å². The van der Waals surface area contributed by atoms with Crippen LogP contribution in [0.3, 0.4) is 0 Å². The zero-order valence-electron chi connectivity index (χ0n) is 16.5. The summed E-state index contributed by atoms with van der Waals surface area (Å²) >= 11 is 1.72. The highest BCUT2D eigenvalue weighted by molar-refractivity contribution is 7.09. The molecule has 1 saturated heterocycles. The first-order valence-corrected chi connectivity index (χ1v) is 10.8. The van der Waals surface area contributed by atoms with Crippen molar-refractivity contribution in [1.29, 1.82) is 0 Å². The predicted octanol–water partition coefficient (Wildman–Crippen LogP) is 2.91. The lowest BCUT2D eigenvalue weighted by Gasteiger charge is -2.21. The average molecular weight is 413 g/mol. The second-order valence-corrected chi connectivity index (χ2v) is 8.54. The fraction of sp³-hybridized carbons (Fsp3) is 0.364. The van der Waals surface area contributed by atoms with Crippen LogP contribution in [0.4, 0.5) is 5.88 Å². The van der Waals surface area contributed by atoms with Crippen molar-refractivity contribution in [2.75, 3.05) is 25.0 Å². The molecule has 2 N–H and O–H groups in total. The van der Waals surface area contributed by atoms with Crippen LogP contribution in [-0.4, -0.2) is 36.9 Å². The van der Waals surface area contributed by atoms with Gasteiger partial charge in [0.1, 0.15) is 24.9 Å². The highest BCUT2D eigenvalue weighted by Gasteiger charge is 2.24. The summed E-state index contributed by atoms with van der Waals surface area (Å²) in [4.78, 5) is 15.1. The standard InChI is InChI=1S/C22H25N3O3S/c1-16-6-8-17(9-7-16)20-12-22(28-24-20)23-21(26)15-25(13-18-4-2-10-27-18)14-19-5-3-11-29-19/h3,5-9,11-12,18H,2,4,10,13-15H2,1H3,(H,23,26)/p+1/t18-/m1/s1. The Morgan fingerprint density at radius 1 is 1.31 bits per heavy atom. The van der Waals surface area contributed by atoms with E-state index in [1.807, 2.05) is 37.3 Å². The summed E-state index contributed by atoms with van der Waals surface area (Å²) in [6.45, 7) is 4.87. The van der Waals surface area contributed by atoms with Gasteiger partial charge in [0.05, 0.1) is 4.88 Å². The van der Waals surface area contributed by atoms with Gasteiger partial charge < -0.3 is 14.2 Å². The van der Waals surface area contributed by atoms with E-state index >= 15 is 0 Å². The highest BCUT2D eigenvalue weighted by atomic mass is 32.1. The summed E-state index contributed by atoms with van der Waals surface area (Å²) in [7, 11) is 0. The molecule has 1 aliphatic heterocycles. The number of anilines is 1. The molecular weight excluding hydrogens is 386 g/mol. The Hall–Kier alpha value is -2.48. The fourth-order valence-electron chi connectivity index (χ4n) is 3.60. The van der Waals surface area contributed by atoms with Gasteiger partial charge in [0.15, 0.2) is 6.54 Å². The number of thiophene rings is 1. The first-order valence-electron chi connectivity index (χ1n) is 9.97. The molecule has 0 spiro atoms. The number of benzene rings is 1. The number of amides is 1. The van der Waals surface area contributed by atoms with Crippen LogP contribution in [0.15, 0.2) is 52.4 Å². The second-order valence-electron chi connectivity index (χ2n) is 7.51. The molecule has 7 heteroatoms. The summed E-state index contributed by atoms with van der Waals surface area (Å²) in [5.74, 6) is 0.291. The molecule has 29 heavy (non-hydrogen) atoms. The lowest BCUT2D eigenvalue weighted by Crippen LogP contribution is -3.12. The number of ether oxygens (including phenoxy) is 1. The fourth-order valence-corrected chi connectivity index (χ4v) is 4.37. The van der Waals surface area contributed by atoms with Crippen LogP contribution >= 0.6 is 11.3 Å². The monoisotopic (exact) mass is 412 g/mol. The third-order valence-electron chi connectivity index (χ3n) is 5.08. The number of quaternary nitrogens is 1. The molecule has 0 radical (unpaired) electrons. The van der Waals surface area contributed by atoms with Crippen molar-refractivity contribution in [2.24, 2.45) is 0 Å². The molecule has 1 fully saturated rings. The highest BCUT2D eigenvalue weighted by Crippen LogP contribution is 2.22. The Morgan fingerprint density at radius 3 is 2.90 bits per heavy atom. The maximum atomic E-state index is 12.7. The third-order valence-corrected chi connectivity index (χ3v) is 5.95. The van der Waals surface area contributed by atoms with E-state index in [1.165, 1.54) is 15.3 Å². The van der Waals surface area contributed by atoms with Gasteiger partial charge in [0.2, 0.25) is 5.88 Å². The molecule has 0 bridgehead atoms. The maximum absolute atomic E-state index is 12.7. The number of carbonyl (C=O) groups is 1. The van der Waals surface area contributed by atoms with E-state index < -0.39 is 0 Å². The minimum absolute atomic E-state index is 0.0823. The number of carbonyl (C=O) groups excluding carboxylic acids is 1. The summed E-state index contributed by atoms with van der Waals surface area (Å²) in [5.41, 5.74) is 2.86. The first-order chi connectivity index (χ1) is 14.2. The Balaban J connectivity index is 1.37. The summed E-state index contributed by atoms with van der Waals surface area (Å²) in [5, 5.41) is 9.00. The number of aryl methyl sites for hydroxylation is 1. The molecule has 1 unspecified atom stereocenters.